The van der Waals surface area contributed by atoms with Crippen molar-refractivity contribution in [1.29, 1.82) is 0 Å². The second kappa shape index (κ2) is 13.3. The Balaban J connectivity index is 1.36. The zero-order valence-corrected chi connectivity index (χ0v) is 24.2. The summed E-state index contributed by atoms with van der Waals surface area (Å²) in [4.78, 5) is 0. The van der Waals surface area contributed by atoms with Crippen LogP contribution in [0.4, 0.5) is 0 Å². The second-order valence-corrected chi connectivity index (χ2v) is 12.4. The fourth-order valence-corrected chi connectivity index (χ4v) is 7.78. The molecule has 5 aliphatic rings. The van der Waals surface area contributed by atoms with Crippen molar-refractivity contribution in [3.8, 4) is 11.8 Å². The predicted octanol–water partition coefficient (Wildman–Crippen LogP) is 6.32. The van der Waals surface area contributed by atoms with Gasteiger partial charge >= 0.3 is 0 Å². The van der Waals surface area contributed by atoms with Gasteiger partial charge in [0.2, 0.25) is 0 Å². The maximum Gasteiger partial charge on any atom is 0.169 e. The number of fused-ring (bicyclic) bond motifs is 1. The van der Waals surface area contributed by atoms with Crippen molar-refractivity contribution in [1.82, 2.24) is 0 Å². The predicted molar refractivity (Wildman–Crippen MR) is 145 cm³/mol. The van der Waals surface area contributed by atoms with Gasteiger partial charge in [-0.1, -0.05) is 35.9 Å². The summed E-state index contributed by atoms with van der Waals surface area (Å²) in [5.74, 6) is 7.66. The van der Waals surface area contributed by atoms with E-state index in [1.165, 1.54) is 6.42 Å². The minimum absolute atomic E-state index is 0.0916. The molecule has 0 amide bonds. The van der Waals surface area contributed by atoms with Crippen LogP contribution in [-0.4, -0.2) is 57.0 Å². The summed E-state index contributed by atoms with van der Waals surface area (Å²) >= 11 is 4.00. The van der Waals surface area contributed by atoms with Gasteiger partial charge in [-0.15, -0.1) is 11.8 Å². The highest BCUT2D eigenvalue weighted by Gasteiger charge is 2.57. The molecule has 5 fully saturated rings. The molecule has 0 aromatic heterocycles. The lowest BCUT2D eigenvalue weighted by molar-refractivity contribution is -0.198. The van der Waals surface area contributed by atoms with Crippen LogP contribution in [0.15, 0.2) is 10.6 Å². The topological polar surface area (TPSA) is 55.4 Å². The van der Waals surface area contributed by atoms with Gasteiger partial charge in [0.15, 0.2) is 18.4 Å². The Bertz CT molecular complexity index is 818. The number of halogens is 1. The highest BCUT2D eigenvalue weighted by Crippen LogP contribution is 2.56. The van der Waals surface area contributed by atoms with E-state index in [0.29, 0.717) is 25.0 Å². The monoisotopic (exact) mass is 580 g/mol. The van der Waals surface area contributed by atoms with Crippen LogP contribution in [0.5, 0.6) is 0 Å². The van der Waals surface area contributed by atoms with E-state index in [1.807, 2.05) is 0 Å². The summed E-state index contributed by atoms with van der Waals surface area (Å²) in [6.45, 7) is 7.30. The van der Waals surface area contributed by atoms with Crippen LogP contribution in [-0.2, 0) is 28.4 Å². The molecular formula is C30H45BrO6. The molecule has 3 aliphatic heterocycles. The Labute approximate surface area is 231 Å². The van der Waals surface area contributed by atoms with E-state index >= 15 is 0 Å². The fourth-order valence-electron chi connectivity index (χ4n) is 6.92. The third kappa shape index (κ3) is 7.01. The lowest BCUT2D eigenvalue weighted by Gasteiger charge is -2.33. The van der Waals surface area contributed by atoms with Gasteiger partial charge in [-0.3, -0.25) is 0 Å². The lowest BCUT2D eigenvalue weighted by atomic mass is 9.89. The standard InChI is InChI=1S/C30H45BrO6/c1-3-4-5-10-21(2)29(37-28-12-7-9-14-33-28)25(31)18-23-24-20-30(34-15-16-35-30)19-22(24)17-26(23)36-27-11-6-8-13-32-27/h18,21-24,26-29H,3,6-17,19-20H2,1-2H3/t21-,22-,23-,24+,26-,27?,28?,29+/m1/s1. The van der Waals surface area contributed by atoms with Gasteiger partial charge in [0.05, 0.1) is 25.4 Å². The second-order valence-electron chi connectivity index (χ2n) is 11.5. The first-order valence-corrected chi connectivity index (χ1v) is 15.5. The zero-order valence-electron chi connectivity index (χ0n) is 22.6. The van der Waals surface area contributed by atoms with Crippen LogP contribution in [0.2, 0.25) is 0 Å². The molecule has 2 saturated carbocycles. The molecule has 2 aliphatic carbocycles. The van der Waals surface area contributed by atoms with Crippen molar-refractivity contribution < 1.29 is 28.4 Å². The zero-order chi connectivity index (χ0) is 25.7. The molecule has 0 N–H and O–H groups in total. The Morgan fingerprint density at radius 1 is 1.00 bits per heavy atom. The van der Waals surface area contributed by atoms with E-state index in [0.717, 1.165) is 81.9 Å². The van der Waals surface area contributed by atoms with Gasteiger partial charge in [0.1, 0.15) is 0 Å². The van der Waals surface area contributed by atoms with E-state index < -0.39 is 5.79 Å². The highest BCUT2D eigenvalue weighted by molar-refractivity contribution is 9.11. The quantitative estimate of drug-likeness (QED) is 0.313. The molecule has 0 bridgehead atoms. The van der Waals surface area contributed by atoms with Gasteiger partial charge in [-0.05, 0) is 62.7 Å². The van der Waals surface area contributed by atoms with Crippen molar-refractivity contribution in [2.24, 2.45) is 23.7 Å². The van der Waals surface area contributed by atoms with Crippen LogP contribution in [0.3, 0.4) is 0 Å². The maximum absolute atomic E-state index is 6.67. The first kappa shape index (κ1) is 28.1. The summed E-state index contributed by atoms with van der Waals surface area (Å²) in [6, 6.07) is 0. The normalized spacial score (nSPS) is 37.2. The summed E-state index contributed by atoms with van der Waals surface area (Å²) in [6.07, 6.45) is 13.2. The van der Waals surface area contributed by atoms with E-state index in [9.17, 15) is 0 Å². The van der Waals surface area contributed by atoms with Crippen LogP contribution in [0, 0.1) is 35.5 Å². The minimum atomic E-state index is -0.394. The lowest BCUT2D eigenvalue weighted by Crippen LogP contribution is -2.35. The molecular weight excluding hydrogens is 536 g/mol. The van der Waals surface area contributed by atoms with Crippen molar-refractivity contribution in [3.05, 3.63) is 10.6 Å². The average molecular weight is 582 g/mol. The highest BCUT2D eigenvalue weighted by atomic mass is 79.9. The van der Waals surface area contributed by atoms with Crippen LogP contribution in [0.1, 0.15) is 84.5 Å². The molecule has 0 aromatic carbocycles. The van der Waals surface area contributed by atoms with Crippen molar-refractivity contribution in [2.75, 3.05) is 26.4 Å². The van der Waals surface area contributed by atoms with Gasteiger partial charge in [0, 0.05) is 49.3 Å². The Kier molecular flexibility index (Phi) is 10.1. The van der Waals surface area contributed by atoms with Crippen molar-refractivity contribution in [3.63, 3.8) is 0 Å². The Morgan fingerprint density at radius 2 is 1.73 bits per heavy atom. The third-order valence-electron chi connectivity index (χ3n) is 8.76. The molecule has 6 nitrogen and oxygen atoms in total. The molecule has 0 aromatic rings. The first-order chi connectivity index (χ1) is 18.1. The number of hydrogen-bond donors (Lipinski definition) is 0. The average Bonchev–Trinajstić information content (AvgIpc) is 3.60. The van der Waals surface area contributed by atoms with E-state index in [1.54, 1.807) is 0 Å². The Morgan fingerprint density at radius 3 is 2.41 bits per heavy atom. The molecule has 3 saturated heterocycles. The van der Waals surface area contributed by atoms with Crippen LogP contribution < -0.4 is 0 Å². The third-order valence-corrected chi connectivity index (χ3v) is 9.48. The molecule has 5 rings (SSSR count). The molecule has 2 unspecified atom stereocenters. The minimum Gasteiger partial charge on any atom is -0.353 e. The van der Waals surface area contributed by atoms with Gasteiger partial charge in [0.25, 0.3) is 0 Å². The van der Waals surface area contributed by atoms with Crippen LogP contribution >= 0.6 is 15.9 Å². The van der Waals surface area contributed by atoms with Gasteiger partial charge in [-0.2, -0.15) is 0 Å². The smallest absolute Gasteiger partial charge is 0.169 e. The van der Waals surface area contributed by atoms with Crippen molar-refractivity contribution in [2.45, 2.75) is 115 Å². The van der Waals surface area contributed by atoms with Crippen LogP contribution in [0.25, 0.3) is 0 Å². The van der Waals surface area contributed by atoms with Gasteiger partial charge in [-0.25, -0.2) is 0 Å². The largest absolute Gasteiger partial charge is 0.353 e. The molecule has 8 atom stereocenters. The first-order valence-electron chi connectivity index (χ1n) is 14.7. The fraction of sp³-hybridized carbons (Fsp3) is 0.867. The summed E-state index contributed by atoms with van der Waals surface area (Å²) in [5, 5.41) is 0. The van der Waals surface area contributed by atoms with Gasteiger partial charge < -0.3 is 28.4 Å². The number of rotatable bonds is 8. The SMILES string of the molecule is CCC#CC[C@@H](C)[C@H](OC1CCCCO1)C(Br)=C[C@@H]1[C@H]2CC3(C[C@H]2C[C@H]1OC1CCCCO1)OCCO3. The van der Waals surface area contributed by atoms with E-state index in [4.69, 9.17) is 28.4 Å². The molecule has 208 valence electrons. The maximum atomic E-state index is 6.67. The number of ether oxygens (including phenoxy) is 6. The van der Waals surface area contributed by atoms with Crippen molar-refractivity contribution >= 4 is 15.9 Å². The summed E-state index contributed by atoms with van der Waals surface area (Å²) in [5.41, 5.74) is 0. The summed E-state index contributed by atoms with van der Waals surface area (Å²) < 4.78 is 38.6. The molecule has 37 heavy (non-hydrogen) atoms. The molecule has 3 heterocycles. The Hall–Kier alpha value is -0.460. The van der Waals surface area contributed by atoms with E-state index in [-0.39, 0.29) is 36.6 Å². The molecule has 7 heteroatoms. The van der Waals surface area contributed by atoms with E-state index in [2.05, 4.69) is 47.7 Å². The summed E-state index contributed by atoms with van der Waals surface area (Å²) in [7, 11) is 0. The number of hydrogen-bond acceptors (Lipinski definition) is 6. The molecule has 1 spiro atoms. The molecule has 0 radical (unpaired) electrons.